The average Bonchev–Trinajstić information content (AvgIpc) is 4.29. The molecule has 0 amide bonds. The number of nitrogens with one attached hydrogen (secondary N) is 3. The topological polar surface area (TPSA) is 191 Å². The summed E-state index contributed by atoms with van der Waals surface area (Å²) in [6, 6.07) is 29.4. The van der Waals surface area contributed by atoms with Gasteiger partial charge >= 0.3 is 0 Å². The van der Waals surface area contributed by atoms with Crippen molar-refractivity contribution in [3.05, 3.63) is 155 Å². The molecule has 13 rings (SSSR count). The van der Waals surface area contributed by atoms with Crippen LogP contribution in [0.15, 0.2) is 153 Å². The molecule has 2 unspecified atom stereocenters. The fourth-order valence-corrected chi connectivity index (χ4v) is 12.0. The van der Waals surface area contributed by atoms with Crippen LogP contribution in [0.3, 0.4) is 0 Å². The molecule has 71 heavy (non-hydrogen) atoms. The first-order chi connectivity index (χ1) is 35.1. The second-order valence-corrected chi connectivity index (χ2v) is 19.4. The van der Waals surface area contributed by atoms with Crippen LogP contribution in [0.2, 0.25) is 0 Å². The normalized spacial score (nSPS) is 16.6. The number of aromatic nitrogens is 8. The number of furan rings is 1. The number of piperidine rings is 1. The Balaban J connectivity index is 0.918. The molecule has 0 bridgehead atoms. The molecule has 2 fully saturated rings. The molecule has 2 atom stereocenters. The van der Waals surface area contributed by atoms with Crippen LogP contribution >= 0.6 is 22.7 Å². The monoisotopic (exact) mass is 973 g/mol. The van der Waals surface area contributed by atoms with Crippen LogP contribution in [0.25, 0.3) is 99.8 Å². The number of aromatic hydroxyl groups is 1. The number of hydrogen-bond donors (Lipinski definition) is 4. The minimum atomic E-state index is -0.276. The maximum Gasteiger partial charge on any atom is 0.253 e. The van der Waals surface area contributed by atoms with E-state index in [9.17, 15) is 5.11 Å². The molecule has 9 aromatic heterocycles. The molecule has 2 aliphatic rings. The van der Waals surface area contributed by atoms with Crippen LogP contribution in [0.4, 0.5) is 5.69 Å². The third-order valence-electron chi connectivity index (χ3n) is 13.6. The van der Waals surface area contributed by atoms with E-state index in [1.54, 1.807) is 54.7 Å². The van der Waals surface area contributed by atoms with Crippen molar-refractivity contribution in [2.24, 2.45) is 0 Å². The van der Waals surface area contributed by atoms with Crippen LogP contribution in [0, 0.1) is 0 Å². The van der Waals surface area contributed by atoms with Crippen molar-refractivity contribution < 1.29 is 13.9 Å². The van der Waals surface area contributed by atoms with E-state index < -0.39 is 0 Å². The largest absolute Gasteiger partial charge is 0.506 e. The molecule has 0 saturated carbocycles. The quantitative estimate of drug-likeness (QED) is 0.101. The Morgan fingerprint density at radius 3 is 2.52 bits per heavy atom. The van der Waals surface area contributed by atoms with Crippen molar-refractivity contribution in [2.45, 2.75) is 31.5 Å². The van der Waals surface area contributed by atoms with Crippen molar-refractivity contribution in [3.8, 4) is 83.8 Å². The number of hydrogen-bond acceptors (Lipinski definition) is 15. The van der Waals surface area contributed by atoms with Crippen LogP contribution in [0.5, 0.6) is 5.75 Å². The Kier molecular flexibility index (Phi) is 10.9. The second kappa shape index (κ2) is 18.0. The highest BCUT2D eigenvalue weighted by atomic mass is 32.1. The number of fused-ring (bicyclic) bond motifs is 2. The summed E-state index contributed by atoms with van der Waals surface area (Å²) in [5, 5.41) is 22.0. The number of benzene rings is 2. The molecule has 2 aromatic carbocycles. The summed E-state index contributed by atoms with van der Waals surface area (Å²) in [6.45, 7) is 2.88. The highest BCUT2D eigenvalue weighted by Gasteiger charge is 2.39. The first-order valence-corrected chi connectivity index (χ1v) is 25.3. The number of pyridine rings is 4. The Hall–Kier alpha value is -8.09. The lowest BCUT2D eigenvalue weighted by molar-refractivity contribution is 0.0834. The number of imidazole rings is 1. The lowest BCUT2D eigenvalue weighted by Gasteiger charge is -2.49. The first kappa shape index (κ1) is 43.0. The van der Waals surface area contributed by atoms with Gasteiger partial charge in [0.05, 0.1) is 46.4 Å². The van der Waals surface area contributed by atoms with Crippen molar-refractivity contribution in [1.29, 1.82) is 0 Å². The number of para-hydroxylation sites is 1. The number of piperazine rings is 1. The van der Waals surface area contributed by atoms with E-state index in [0.29, 0.717) is 58.8 Å². The fourth-order valence-electron chi connectivity index (χ4n) is 10.5. The van der Waals surface area contributed by atoms with Crippen molar-refractivity contribution in [1.82, 2.24) is 50.1 Å². The summed E-state index contributed by atoms with van der Waals surface area (Å²) in [5.41, 5.74) is 9.07. The van der Waals surface area contributed by atoms with Gasteiger partial charge in [-0.2, -0.15) is 0 Å². The third kappa shape index (κ3) is 7.52. The zero-order valence-electron chi connectivity index (χ0n) is 37.9. The van der Waals surface area contributed by atoms with Gasteiger partial charge in [-0.15, -0.1) is 22.7 Å². The Morgan fingerprint density at radius 1 is 0.746 bits per heavy atom. The molecule has 2 aliphatic heterocycles. The highest BCUT2D eigenvalue weighted by Crippen LogP contribution is 2.47. The summed E-state index contributed by atoms with van der Waals surface area (Å²) in [4.78, 5) is 56.4. The van der Waals surface area contributed by atoms with Gasteiger partial charge in [-0.25, -0.2) is 19.9 Å². The summed E-state index contributed by atoms with van der Waals surface area (Å²) in [5.74, 6) is 1.08. The lowest BCUT2D eigenvalue weighted by atomic mass is 9.87. The maximum absolute atomic E-state index is 15.1. The van der Waals surface area contributed by atoms with Gasteiger partial charge in [0.2, 0.25) is 5.89 Å². The Bertz CT molecular complexity index is 3800. The molecule has 0 spiro atoms. The second-order valence-electron chi connectivity index (χ2n) is 17.6. The molecule has 4 N–H and O–H groups in total. The van der Waals surface area contributed by atoms with Crippen molar-refractivity contribution in [3.63, 3.8) is 0 Å². The van der Waals surface area contributed by atoms with Crippen LogP contribution < -0.4 is 15.8 Å². The third-order valence-corrected chi connectivity index (χ3v) is 15.3. The minimum Gasteiger partial charge on any atom is -0.506 e. The molecule has 0 aliphatic carbocycles. The van der Waals surface area contributed by atoms with Gasteiger partial charge in [0, 0.05) is 94.7 Å². The number of likely N-dealkylation sites (tertiary alicyclic amines) is 1. The number of aromatic amines is 2. The lowest BCUT2D eigenvalue weighted by Crippen LogP contribution is -2.61. The fraction of sp³-hybridized carbons (Fsp3) is 0.167. The van der Waals surface area contributed by atoms with E-state index in [4.69, 9.17) is 23.8 Å². The Labute approximate surface area is 413 Å². The number of H-pyrrole nitrogens is 2. The van der Waals surface area contributed by atoms with Gasteiger partial charge in [-0.05, 0) is 72.1 Å². The summed E-state index contributed by atoms with van der Waals surface area (Å²) in [7, 11) is 0. The van der Waals surface area contributed by atoms with E-state index in [0.717, 1.165) is 97.7 Å². The van der Waals surface area contributed by atoms with Crippen LogP contribution in [-0.4, -0.2) is 82.2 Å². The number of rotatable bonds is 10. The highest BCUT2D eigenvalue weighted by molar-refractivity contribution is 7.14. The van der Waals surface area contributed by atoms with Gasteiger partial charge in [0.1, 0.15) is 45.6 Å². The van der Waals surface area contributed by atoms with Gasteiger partial charge < -0.3 is 34.1 Å². The molecule has 2 saturated heterocycles. The van der Waals surface area contributed by atoms with Gasteiger partial charge in [0.25, 0.3) is 5.56 Å². The minimum absolute atomic E-state index is 0.0440. The first-order valence-electron chi connectivity index (χ1n) is 23.5. The summed E-state index contributed by atoms with van der Waals surface area (Å²) in [6.07, 6.45) is 12.7. The van der Waals surface area contributed by atoms with Crippen LogP contribution in [-0.2, 0) is 0 Å². The van der Waals surface area contributed by atoms with E-state index in [2.05, 4.69) is 64.3 Å². The van der Waals surface area contributed by atoms with Crippen molar-refractivity contribution in [2.75, 3.05) is 31.1 Å². The van der Waals surface area contributed by atoms with E-state index in [1.807, 2.05) is 71.6 Å². The predicted octanol–water partition coefficient (Wildman–Crippen LogP) is 11.0. The Morgan fingerprint density at radius 2 is 1.62 bits per heavy atom. The number of thiazole rings is 1. The summed E-state index contributed by atoms with van der Waals surface area (Å²) >= 11 is 3.04. The van der Waals surface area contributed by atoms with Gasteiger partial charge in [0.15, 0.2) is 0 Å². The van der Waals surface area contributed by atoms with Gasteiger partial charge in [-0.1, -0.05) is 48.9 Å². The predicted molar refractivity (Wildman–Crippen MR) is 277 cm³/mol. The number of oxazole rings is 1. The zero-order chi connectivity index (χ0) is 47.4. The van der Waals surface area contributed by atoms with E-state index in [-0.39, 0.29) is 23.5 Å². The smallest absolute Gasteiger partial charge is 0.253 e. The molecule has 17 heteroatoms. The molecule has 15 nitrogen and oxygen atoms in total. The number of anilines is 1. The van der Waals surface area contributed by atoms with Crippen molar-refractivity contribution >= 4 is 50.0 Å². The molecule has 350 valence electrons. The molecular formula is C54H43N11O4S2. The number of thiophene rings is 1. The average molecular weight is 974 g/mol. The summed E-state index contributed by atoms with van der Waals surface area (Å²) < 4.78 is 12.5. The maximum atomic E-state index is 15.1. The molecule has 11 heterocycles. The van der Waals surface area contributed by atoms with Gasteiger partial charge in [-0.3, -0.25) is 19.7 Å². The number of nitrogens with zero attached hydrogens (tertiary/aromatic N) is 8. The molecule has 11 aromatic rings. The standard InChI is InChI=1S/C54H43N11O4S2/c66-41-15-8-19-57-47(41)48-49(60-30-59-48)51-35(17-25-70-51)50-34(16-24-68-50)45-40(14-7-18-56-45)65-23-20-55-28-42(65)64-22-6-5-13-39(64)44-43(33-11-3-4-12-36(33)62-52(44)67)46-32-10-2-1-9-31(32)27-37(61-46)53-63-38(29-69-53)54-58-21-26-71-54/h1-4,7-12,14-19,21,24-27,29-30,39,42,55,66H,5-6,13,20,22-23,28H2,(H,59,60)(H,62,67). The SMILES string of the molecule is O=c1[nH]c2ccccc2c(-c2nc(-c3nc(-c4nccs4)co3)cc3ccccc23)c1C1CCCCN1C1CNCCN1c1cccnc1-c1ccoc1-c1ccsc1-c1[nH]cnc1-c1ncccc1O. The zero-order valence-corrected chi connectivity index (χ0v) is 39.6. The molecular weight excluding hydrogens is 931 g/mol. The van der Waals surface area contributed by atoms with Crippen LogP contribution in [0.1, 0.15) is 30.9 Å². The molecule has 0 radical (unpaired) electrons. The van der Waals surface area contributed by atoms with E-state index >= 15 is 4.79 Å². The van der Waals surface area contributed by atoms with E-state index in [1.165, 1.54) is 11.3 Å².